The molecule has 1 N–H and O–H groups in total. The van der Waals surface area contributed by atoms with Crippen LogP contribution in [-0.4, -0.2) is 30.3 Å². The highest BCUT2D eigenvalue weighted by Crippen LogP contribution is 2.24. The Hall–Kier alpha value is -1.26. The Morgan fingerprint density at radius 2 is 2.15 bits per heavy atom. The number of carbonyl (C=O) groups is 2. The minimum absolute atomic E-state index is 0.0233. The van der Waals surface area contributed by atoms with E-state index in [1.54, 1.807) is 0 Å². The number of carbonyl (C=O) groups excluding carboxylic acids is 2. The van der Waals surface area contributed by atoms with Gasteiger partial charge in [0.25, 0.3) is 0 Å². The Labute approximate surface area is 121 Å². The lowest BCUT2D eigenvalue weighted by atomic mass is 9.99. The first kappa shape index (κ1) is 16.8. The van der Waals surface area contributed by atoms with Gasteiger partial charge in [-0.15, -0.1) is 0 Å². The first-order chi connectivity index (χ1) is 9.17. The second-order valence-corrected chi connectivity index (χ2v) is 6.76. The minimum atomic E-state index is -0.471. The Morgan fingerprint density at radius 3 is 2.65 bits per heavy atom. The van der Waals surface area contributed by atoms with Crippen LogP contribution in [0.2, 0.25) is 0 Å². The Kier molecular flexibility index (Phi) is 5.84. The molecule has 0 saturated carbocycles. The van der Waals surface area contributed by atoms with Gasteiger partial charge in [0.05, 0.1) is 5.92 Å². The lowest BCUT2D eigenvalue weighted by molar-refractivity contribution is -0.144. The molecule has 1 heterocycles. The highest BCUT2D eigenvalue weighted by molar-refractivity contribution is 5.74. The van der Waals surface area contributed by atoms with Crippen molar-refractivity contribution in [3.63, 3.8) is 0 Å². The molecule has 1 amide bonds. The van der Waals surface area contributed by atoms with Crippen molar-refractivity contribution in [1.29, 1.82) is 0 Å². The Bertz CT molecular complexity index is 348. The monoisotopic (exact) mass is 285 g/mol. The van der Waals surface area contributed by atoms with Gasteiger partial charge in [0.15, 0.2) is 0 Å². The van der Waals surface area contributed by atoms with Crippen LogP contribution in [0.15, 0.2) is 0 Å². The number of amides is 1. The molecular formula is C15H27NO4. The van der Waals surface area contributed by atoms with Gasteiger partial charge in [-0.2, -0.15) is 0 Å². The van der Waals surface area contributed by atoms with Crippen LogP contribution in [0.5, 0.6) is 0 Å². The molecule has 0 aliphatic carbocycles. The summed E-state index contributed by atoms with van der Waals surface area (Å²) in [5.74, 6) is 0.266. The van der Waals surface area contributed by atoms with Gasteiger partial charge < -0.3 is 14.8 Å². The maximum absolute atomic E-state index is 11.5. The minimum Gasteiger partial charge on any atom is -0.462 e. The SMILES string of the molecule is C[C@@H](CC[C@H]1C[C@@H](C)C(=O)O1)CNC(=O)OC(C)(C)C. The van der Waals surface area contributed by atoms with Gasteiger partial charge in [0.1, 0.15) is 11.7 Å². The molecule has 1 saturated heterocycles. The van der Waals surface area contributed by atoms with Gasteiger partial charge in [-0.25, -0.2) is 4.79 Å². The number of alkyl carbamates (subject to hydrolysis) is 1. The average Bonchev–Trinajstić information content (AvgIpc) is 2.61. The molecule has 1 aliphatic rings. The summed E-state index contributed by atoms with van der Waals surface area (Å²) in [6, 6.07) is 0. The van der Waals surface area contributed by atoms with Crippen LogP contribution in [0.25, 0.3) is 0 Å². The summed E-state index contributed by atoms with van der Waals surface area (Å²) in [7, 11) is 0. The third-order valence-electron chi connectivity index (χ3n) is 3.28. The highest BCUT2D eigenvalue weighted by atomic mass is 16.6. The van der Waals surface area contributed by atoms with Crippen molar-refractivity contribution < 1.29 is 19.1 Å². The summed E-state index contributed by atoms with van der Waals surface area (Å²) in [4.78, 5) is 22.8. The number of rotatable bonds is 5. The maximum Gasteiger partial charge on any atom is 0.407 e. The molecule has 1 aliphatic heterocycles. The molecule has 5 heteroatoms. The van der Waals surface area contributed by atoms with Crippen molar-refractivity contribution in [2.75, 3.05) is 6.54 Å². The van der Waals surface area contributed by atoms with Gasteiger partial charge in [0, 0.05) is 6.54 Å². The zero-order chi connectivity index (χ0) is 15.3. The Morgan fingerprint density at radius 1 is 1.50 bits per heavy atom. The van der Waals surface area contributed by atoms with E-state index in [9.17, 15) is 9.59 Å². The standard InChI is InChI=1S/C15H27NO4/c1-10(9-16-14(18)20-15(3,4)5)6-7-12-8-11(2)13(17)19-12/h10-12H,6-9H2,1-5H3,(H,16,18)/t10-,11+,12-/m0/s1. The smallest absolute Gasteiger partial charge is 0.407 e. The predicted molar refractivity (Wildman–Crippen MR) is 76.3 cm³/mol. The topological polar surface area (TPSA) is 64.6 Å². The molecule has 0 spiro atoms. The highest BCUT2D eigenvalue weighted by Gasteiger charge is 2.30. The molecule has 0 bridgehead atoms. The van der Waals surface area contributed by atoms with E-state index in [0.29, 0.717) is 12.5 Å². The van der Waals surface area contributed by atoms with E-state index in [2.05, 4.69) is 12.2 Å². The summed E-state index contributed by atoms with van der Waals surface area (Å²) in [6.07, 6.45) is 2.24. The summed E-state index contributed by atoms with van der Waals surface area (Å²) in [6.45, 7) is 10.1. The first-order valence-electron chi connectivity index (χ1n) is 7.34. The summed E-state index contributed by atoms with van der Waals surface area (Å²) >= 11 is 0. The van der Waals surface area contributed by atoms with Crippen molar-refractivity contribution in [2.45, 2.75) is 65.6 Å². The van der Waals surface area contributed by atoms with Crippen LogP contribution in [0.3, 0.4) is 0 Å². The van der Waals surface area contributed by atoms with E-state index in [1.165, 1.54) is 0 Å². The lowest BCUT2D eigenvalue weighted by Gasteiger charge is -2.21. The predicted octanol–water partition coefficient (Wildman–Crippen LogP) is 2.88. The summed E-state index contributed by atoms with van der Waals surface area (Å²) in [5, 5.41) is 2.76. The molecule has 20 heavy (non-hydrogen) atoms. The number of cyclic esters (lactones) is 1. The van der Waals surface area contributed by atoms with Crippen molar-refractivity contribution >= 4 is 12.1 Å². The quantitative estimate of drug-likeness (QED) is 0.789. The van der Waals surface area contributed by atoms with E-state index in [4.69, 9.17) is 9.47 Å². The fourth-order valence-corrected chi connectivity index (χ4v) is 2.14. The molecule has 0 aromatic rings. The summed E-state index contributed by atoms with van der Waals surface area (Å²) < 4.78 is 10.4. The molecule has 0 unspecified atom stereocenters. The molecule has 0 aromatic heterocycles. The number of hydrogen-bond acceptors (Lipinski definition) is 4. The number of hydrogen-bond donors (Lipinski definition) is 1. The number of ether oxygens (including phenoxy) is 2. The second-order valence-electron chi connectivity index (χ2n) is 6.76. The average molecular weight is 285 g/mol. The van der Waals surface area contributed by atoms with Crippen LogP contribution < -0.4 is 5.32 Å². The van der Waals surface area contributed by atoms with E-state index in [0.717, 1.165) is 19.3 Å². The molecule has 0 aromatic carbocycles. The van der Waals surface area contributed by atoms with Crippen molar-refractivity contribution in [3.05, 3.63) is 0 Å². The van der Waals surface area contributed by atoms with Gasteiger partial charge >= 0.3 is 12.1 Å². The second kappa shape index (κ2) is 6.95. The van der Waals surface area contributed by atoms with Gasteiger partial charge in [-0.05, 0) is 46.0 Å². The third kappa shape index (κ3) is 6.26. The molecule has 1 fully saturated rings. The van der Waals surface area contributed by atoms with E-state index in [1.807, 2.05) is 27.7 Å². The Balaban J connectivity index is 2.16. The normalized spacial score (nSPS) is 24.1. The third-order valence-corrected chi connectivity index (χ3v) is 3.28. The summed E-state index contributed by atoms with van der Waals surface area (Å²) in [5.41, 5.74) is -0.471. The number of nitrogens with one attached hydrogen (secondary N) is 1. The van der Waals surface area contributed by atoms with Crippen molar-refractivity contribution in [3.8, 4) is 0 Å². The molecule has 5 nitrogen and oxygen atoms in total. The largest absolute Gasteiger partial charge is 0.462 e. The van der Waals surface area contributed by atoms with Crippen LogP contribution in [-0.2, 0) is 14.3 Å². The maximum atomic E-state index is 11.5. The van der Waals surface area contributed by atoms with Crippen molar-refractivity contribution in [2.24, 2.45) is 11.8 Å². The van der Waals surface area contributed by atoms with Crippen LogP contribution in [0.4, 0.5) is 4.79 Å². The van der Waals surface area contributed by atoms with Crippen molar-refractivity contribution in [1.82, 2.24) is 5.32 Å². The number of esters is 1. The molecule has 116 valence electrons. The molecule has 3 atom stereocenters. The molecule has 0 radical (unpaired) electrons. The van der Waals surface area contributed by atoms with Crippen LogP contribution in [0, 0.1) is 11.8 Å². The fourth-order valence-electron chi connectivity index (χ4n) is 2.14. The fraction of sp³-hybridized carbons (Fsp3) is 0.867. The first-order valence-corrected chi connectivity index (χ1v) is 7.34. The van der Waals surface area contributed by atoms with Gasteiger partial charge in [0.2, 0.25) is 0 Å². The lowest BCUT2D eigenvalue weighted by Crippen LogP contribution is -2.34. The zero-order valence-electron chi connectivity index (χ0n) is 13.2. The molecular weight excluding hydrogens is 258 g/mol. The molecule has 1 rings (SSSR count). The van der Waals surface area contributed by atoms with E-state index < -0.39 is 5.60 Å². The van der Waals surface area contributed by atoms with E-state index >= 15 is 0 Å². The van der Waals surface area contributed by atoms with Gasteiger partial charge in [-0.3, -0.25) is 4.79 Å². The van der Waals surface area contributed by atoms with Crippen LogP contribution in [0.1, 0.15) is 53.9 Å². The van der Waals surface area contributed by atoms with Crippen LogP contribution >= 0.6 is 0 Å². The van der Waals surface area contributed by atoms with Gasteiger partial charge in [-0.1, -0.05) is 13.8 Å². The zero-order valence-corrected chi connectivity index (χ0v) is 13.2. The van der Waals surface area contributed by atoms with E-state index in [-0.39, 0.29) is 24.1 Å².